The summed E-state index contributed by atoms with van der Waals surface area (Å²) >= 11 is 0. The summed E-state index contributed by atoms with van der Waals surface area (Å²) in [5, 5.41) is 6.11. The minimum absolute atomic E-state index is 0.0432. The first-order chi connectivity index (χ1) is 15.0. The maximum Gasteiger partial charge on any atom is 0.261 e. The summed E-state index contributed by atoms with van der Waals surface area (Å²) in [5.41, 5.74) is 2.04. The van der Waals surface area contributed by atoms with Crippen molar-refractivity contribution in [3.63, 3.8) is 0 Å². The van der Waals surface area contributed by atoms with Gasteiger partial charge < -0.3 is 14.2 Å². The molecular formula is C25H25N3O3. The Bertz CT molecular complexity index is 1180. The Balaban J connectivity index is 1.45. The van der Waals surface area contributed by atoms with Crippen LogP contribution in [-0.2, 0) is 11.3 Å². The van der Waals surface area contributed by atoms with E-state index in [1.165, 1.54) is 0 Å². The lowest BCUT2D eigenvalue weighted by molar-refractivity contribution is -0.136. The predicted molar refractivity (Wildman–Crippen MR) is 120 cm³/mol. The number of ether oxygens (including phenoxy) is 1. The highest BCUT2D eigenvalue weighted by Gasteiger charge is 2.21. The third-order valence-electron chi connectivity index (χ3n) is 5.13. The maximum absolute atomic E-state index is 12.9. The average molecular weight is 415 g/mol. The fraction of sp³-hybridized carbons (Fsp3) is 0.240. The zero-order valence-corrected chi connectivity index (χ0v) is 17.9. The standard InChI is InChI=1S/C25H25N3O3/c1-17(2)28(15-23-26-25(27-31-23)20-13-11-18(3)12-14-20)24(29)16-30-22-10-6-8-19-7-4-5-9-21(19)22/h4-14,17H,15-16H2,1-3H3. The second-order valence-electron chi connectivity index (χ2n) is 7.76. The molecule has 0 aliphatic rings. The third kappa shape index (κ3) is 4.74. The van der Waals surface area contributed by atoms with Crippen LogP contribution in [0.25, 0.3) is 22.2 Å². The van der Waals surface area contributed by atoms with E-state index in [2.05, 4.69) is 10.1 Å². The van der Waals surface area contributed by atoms with Gasteiger partial charge in [-0.3, -0.25) is 4.79 Å². The molecular weight excluding hydrogens is 390 g/mol. The topological polar surface area (TPSA) is 68.5 Å². The van der Waals surface area contributed by atoms with Gasteiger partial charge >= 0.3 is 0 Å². The van der Waals surface area contributed by atoms with Crippen LogP contribution in [0, 0.1) is 6.92 Å². The summed E-state index contributed by atoms with van der Waals surface area (Å²) in [6.45, 7) is 6.09. The molecule has 4 rings (SSSR count). The Morgan fingerprint density at radius 2 is 1.77 bits per heavy atom. The van der Waals surface area contributed by atoms with E-state index in [9.17, 15) is 4.79 Å². The summed E-state index contributed by atoms with van der Waals surface area (Å²) in [5.74, 6) is 1.45. The van der Waals surface area contributed by atoms with Crippen LogP contribution in [-0.4, -0.2) is 33.6 Å². The first-order valence-corrected chi connectivity index (χ1v) is 10.3. The van der Waals surface area contributed by atoms with Crippen molar-refractivity contribution < 1.29 is 14.1 Å². The minimum atomic E-state index is -0.141. The molecule has 1 amide bonds. The number of fused-ring (bicyclic) bond motifs is 1. The van der Waals surface area contributed by atoms with E-state index in [1.54, 1.807) is 4.90 Å². The molecule has 1 heterocycles. The zero-order chi connectivity index (χ0) is 21.8. The highest BCUT2D eigenvalue weighted by atomic mass is 16.5. The van der Waals surface area contributed by atoms with E-state index in [0.29, 0.717) is 17.5 Å². The van der Waals surface area contributed by atoms with E-state index in [-0.39, 0.29) is 25.1 Å². The van der Waals surface area contributed by atoms with Crippen molar-refractivity contribution >= 4 is 16.7 Å². The number of nitrogens with zero attached hydrogens (tertiary/aromatic N) is 3. The molecule has 0 bridgehead atoms. The van der Waals surface area contributed by atoms with Gasteiger partial charge in [-0.15, -0.1) is 0 Å². The molecule has 0 atom stereocenters. The Kier molecular flexibility index (Phi) is 5.98. The molecule has 0 saturated carbocycles. The summed E-state index contributed by atoms with van der Waals surface area (Å²) in [6, 6.07) is 21.6. The van der Waals surface area contributed by atoms with Gasteiger partial charge in [0.25, 0.3) is 5.91 Å². The molecule has 0 aliphatic carbocycles. The number of benzene rings is 3. The molecule has 4 aromatic rings. The van der Waals surface area contributed by atoms with Crippen LogP contribution >= 0.6 is 0 Å². The minimum Gasteiger partial charge on any atom is -0.483 e. The van der Waals surface area contributed by atoms with Crippen molar-refractivity contribution in [2.45, 2.75) is 33.4 Å². The molecule has 0 N–H and O–H groups in total. The molecule has 3 aromatic carbocycles. The monoisotopic (exact) mass is 415 g/mol. The van der Waals surface area contributed by atoms with Crippen LogP contribution in [0.2, 0.25) is 0 Å². The van der Waals surface area contributed by atoms with Gasteiger partial charge in [0.15, 0.2) is 6.61 Å². The number of aryl methyl sites for hydroxylation is 1. The molecule has 158 valence electrons. The molecule has 6 heteroatoms. The van der Waals surface area contributed by atoms with Gasteiger partial charge in [0.2, 0.25) is 11.7 Å². The number of hydrogen-bond acceptors (Lipinski definition) is 5. The molecule has 0 saturated heterocycles. The quantitative estimate of drug-likeness (QED) is 0.424. The second-order valence-corrected chi connectivity index (χ2v) is 7.76. The molecule has 31 heavy (non-hydrogen) atoms. The molecule has 0 fully saturated rings. The van der Waals surface area contributed by atoms with Gasteiger partial charge in [0, 0.05) is 17.0 Å². The van der Waals surface area contributed by atoms with Crippen molar-refractivity contribution in [1.29, 1.82) is 0 Å². The van der Waals surface area contributed by atoms with E-state index in [0.717, 1.165) is 21.9 Å². The average Bonchev–Trinajstić information content (AvgIpc) is 3.25. The van der Waals surface area contributed by atoms with E-state index < -0.39 is 0 Å². The summed E-state index contributed by atoms with van der Waals surface area (Å²) < 4.78 is 11.3. The highest BCUT2D eigenvalue weighted by molar-refractivity contribution is 5.88. The van der Waals surface area contributed by atoms with Crippen LogP contribution < -0.4 is 4.74 Å². The molecule has 0 spiro atoms. The first-order valence-electron chi connectivity index (χ1n) is 10.3. The van der Waals surface area contributed by atoms with E-state index >= 15 is 0 Å². The Morgan fingerprint density at radius 1 is 1.03 bits per heavy atom. The number of hydrogen-bond donors (Lipinski definition) is 0. The van der Waals surface area contributed by atoms with E-state index in [1.807, 2.05) is 87.5 Å². The van der Waals surface area contributed by atoms with Gasteiger partial charge in [0.1, 0.15) is 12.3 Å². The van der Waals surface area contributed by atoms with Crippen molar-refractivity contribution in [2.75, 3.05) is 6.61 Å². The van der Waals surface area contributed by atoms with Crippen molar-refractivity contribution in [1.82, 2.24) is 15.0 Å². The van der Waals surface area contributed by atoms with Crippen LogP contribution in [0.1, 0.15) is 25.3 Å². The fourth-order valence-electron chi connectivity index (χ4n) is 3.39. The Morgan fingerprint density at radius 3 is 2.55 bits per heavy atom. The van der Waals surface area contributed by atoms with E-state index in [4.69, 9.17) is 9.26 Å². The maximum atomic E-state index is 12.9. The smallest absolute Gasteiger partial charge is 0.261 e. The van der Waals surface area contributed by atoms with Crippen LogP contribution in [0.5, 0.6) is 5.75 Å². The van der Waals surface area contributed by atoms with Gasteiger partial charge in [-0.25, -0.2) is 0 Å². The number of carbonyl (C=O) groups excluding carboxylic acids is 1. The van der Waals surface area contributed by atoms with Crippen LogP contribution in [0.15, 0.2) is 71.3 Å². The number of rotatable bonds is 7. The predicted octanol–water partition coefficient (Wildman–Crippen LogP) is 5.01. The third-order valence-corrected chi connectivity index (χ3v) is 5.13. The number of amides is 1. The number of carbonyl (C=O) groups is 1. The van der Waals surface area contributed by atoms with Crippen LogP contribution in [0.4, 0.5) is 0 Å². The molecule has 6 nitrogen and oxygen atoms in total. The summed E-state index contributed by atoms with van der Waals surface area (Å²) in [6.07, 6.45) is 0. The summed E-state index contributed by atoms with van der Waals surface area (Å²) in [4.78, 5) is 19.1. The van der Waals surface area contributed by atoms with Crippen LogP contribution in [0.3, 0.4) is 0 Å². The number of aromatic nitrogens is 2. The van der Waals surface area contributed by atoms with Gasteiger partial charge in [-0.05, 0) is 32.2 Å². The van der Waals surface area contributed by atoms with Crippen molar-refractivity contribution in [2.24, 2.45) is 0 Å². The Hall–Kier alpha value is -3.67. The molecule has 0 aliphatic heterocycles. The van der Waals surface area contributed by atoms with Gasteiger partial charge in [-0.2, -0.15) is 4.98 Å². The highest BCUT2D eigenvalue weighted by Crippen LogP contribution is 2.25. The largest absolute Gasteiger partial charge is 0.483 e. The van der Waals surface area contributed by atoms with Gasteiger partial charge in [0.05, 0.1) is 0 Å². The normalized spacial score (nSPS) is 11.1. The molecule has 0 unspecified atom stereocenters. The van der Waals surface area contributed by atoms with Gasteiger partial charge in [-0.1, -0.05) is 71.4 Å². The summed E-state index contributed by atoms with van der Waals surface area (Å²) in [7, 11) is 0. The SMILES string of the molecule is Cc1ccc(-c2noc(CN(C(=O)COc3cccc4ccccc34)C(C)C)n2)cc1. The Labute approximate surface area is 181 Å². The molecule has 0 radical (unpaired) electrons. The lowest BCUT2D eigenvalue weighted by Gasteiger charge is -2.25. The first kappa shape index (κ1) is 20.6. The fourth-order valence-corrected chi connectivity index (χ4v) is 3.39. The van der Waals surface area contributed by atoms with Crippen molar-refractivity contribution in [3.05, 3.63) is 78.2 Å². The molecule has 1 aromatic heterocycles. The van der Waals surface area contributed by atoms with Crippen molar-refractivity contribution in [3.8, 4) is 17.1 Å². The lowest BCUT2D eigenvalue weighted by Crippen LogP contribution is -2.39. The second kappa shape index (κ2) is 9.00. The zero-order valence-electron chi connectivity index (χ0n) is 17.9. The lowest BCUT2D eigenvalue weighted by atomic mass is 10.1.